The van der Waals surface area contributed by atoms with Crippen molar-refractivity contribution in [3.05, 3.63) is 91.4 Å². The highest BCUT2D eigenvalue weighted by atomic mass is 15.1. The van der Waals surface area contributed by atoms with Gasteiger partial charge in [0, 0.05) is 22.7 Å². The molecule has 3 aromatic carbocycles. The minimum absolute atomic E-state index is 0.934. The van der Waals surface area contributed by atoms with Gasteiger partial charge in [-0.1, -0.05) is 60.7 Å². The van der Waals surface area contributed by atoms with Gasteiger partial charge in [-0.2, -0.15) is 0 Å². The van der Waals surface area contributed by atoms with Crippen LogP contribution in [0.2, 0.25) is 0 Å². The molecule has 0 radical (unpaired) electrons. The fraction of sp³-hybridized carbons (Fsp3) is 0. The number of nitrogens with zero attached hydrogens (tertiary/aromatic N) is 3. The molecule has 25 heavy (non-hydrogen) atoms. The van der Waals surface area contributed by atoms with Gasteiger partial charge in [-0.05, 0) is 29.3 Å². The number of para-hydroxylation sites is 1. The van der Waals surface area contributed by atoms with E-state index in [1.807, 2.05) is 12.3 Å². The molecule has 0 N–H and O–H groups in total. The van der Waals surface area contributed by atoms with E-state index in [2.05, 4.69) is 87.3 Å². The smallest absolute Gasteiger partial charge is 0.148 e. The molecule has 0 bridgehead atoms. The molecule has 118 valence electrons. The third-order valence-electron chi connectivity index (χ3n) is 4.57. The van der Waals surface area contributed by atoms with E-state index < -0.39 is 0 Å². The van der Waals surface area contributed by atoms with Crippen molar-refractivity contribution in [2.75, 3.05) is 0 Å². The summed E-state index contributed by atoms with van der Waals surface area (Å²) in [5.74, 6) is 0. The molecular formula is C22H15N3. The van der Waals surface area contributed by atoms with Crippen LogP contribution < -0.4 is 0 Å². The minimum atomic E-state index is 0.934. The van der Waals surface area contributed by atoms with Gasteiger partial charge >= 0.3 is 0 Å². The van der Waals surface area contributed by atoms with Crippen LogP contribution in [-0.4, -0.2) is 14.5 Å². The summed E-state index contributed by atoms with van der Waals surface area (Å²) in [4.78, 5) is 8.73. The summed E-state index contributed by atoms with van der Waals surface area (Å²) in [7, 11) is 0. The lowest BCUT2D eigenvalue weighted by molar-refractivity contribution is 1.11. The fourth-order valence-electron chi connectivity index (χ4n) is 3.40. The van der Waals surface area contributed by atoms with Crippen LogP contribution in [-0.2, 0) is 0 Å². The maximum Gasteiger partial charge on any atom is 0.148 e. The first kappa shape index (κ1) is 13.9. The van der Waals surface area contributed by atoms with Gasteiger partial charge in [0.05, 0.1) is 5.52 Å². The Kier molecular flexibility index (Phi) is 3.10. The molecule has 2 heterocycles. The summed E-state index contributed by atoms with van der Waals surface area (Å²) >= 11 is 0. The Hall–Kier alpha value is -3.46. The van der Waals surface area contributed by atoms with Gasteiger partial charge in [-0.25, -0.2) is 9.97 Å². The first-order valence-electron chi connectivity index (χ1n) is 8.27. The van der Waals surface area contributed by atoms with Crippen molar-refractivity contribution in [2.45, 2.75) is 0 Å². The SMILES string of the molecule is c1ccc(-c2ccc(-n3c4ccccc4c4cncnc43)cc2)cc1. The minimum Gasteiger partial charge on any atom is -0.294 e. The van der Waals surface area contributed by atoms with Crippen molar-refractivity contribution < 1.29 is 0 Å². The Labute approximate surface area is 145 Å². The van der Waals surface area contributed by atoms with Crippen LogP contribution in [0.5, 0.6) is 0 Å². The molecule has 3 nitrogen and oxygen atoms in total. The zero-order valence-corrected chi connectivity index (χ0v) is 13.5. The van der Waals surface area contributed by atoms with Gasteiger partial charge in [0.25, 0.3) is 0 Å². The van der Waals surface area contributed by atoms with Crippen LogP contribution in [0.4, 0.5) is 0 Å². The van der Waals surface area contributed by atoms with Gasteiger partial charge < -0.3 is 0 Å². The maximum absolute atomic E-state index is 4.53. The number of aromatic nitrogens is 3. The van der Waals surface area contributed by atoms with Crippen LogP contribution in [0, 0.1) is 0 Å². The Morgan fingerprint density at radius 3 is 2.20 bits per heavy atom. The molecule has 0 spiro atoms. The third kappa shape index (κ3) is 2.21. The van der Waals surface area contributed by atoms with Crippen molar-refractivity contribution in [3.63, 3.8) is 0 Å². The highest BCUT2D eigenvalue weighted by molar-refractivity contribution is 6.07. The van der Waals surface area contributed by atoms with Crippen molar-refractivity contribution in [2.24, 2.45) is 0 Å². The number of hydrogen-bond donors (Lipinski definition) is 0. The normalized spacial score (nSPS) is 11.2. The Morgan fingerprint density at radius 1 is 0.640 bits per heavy atom. The van der Waals surface area contributed by atoms with E-state index in [4.69, 9.17) is 0 Å². The summed E-state index contributed by atoms with van der Waals surface area (Å²) in [6.45, 7) is 0. The molecule has 3 heteroatoms. The third-order valence-corrected chi connectivity index (χ3v) is 4.57. The molecule has 0 aliphatic rings. The molecule has 0 saturated heterocycles. The highest BCUT2D eigenvalue weighted by Crippen LogP contribution is 2.30. The van der Waals surface area contributed by atoms with Gasteiger partial charge in [0.1, 0.15) is 12.0 Å². The number of rotatable bonds is 2. The second-order valence-corrected chi connectivity index (χ2v) is 6.03. The first-order valence-corrected chi connectivity index (χ1v) is 8.27. The van der Waals surface area contributed by atoms with Crippen molar-refractivity contribution in [1.82, 2.24) is 14.5 Å². The largest absolute Gasteiger partial charge is 0.294 e. The molecule has 0 aliphatic heterocycles. The fourth-order valence-corrected chi connectivity index (χ4v) is 3.40. The van der Waals surface area contributed by atoms with E-state index in [9.17, 15) is 0 Å². The van der Waals surface area contributed by atoms with E-state index >= 15 is 0 Å². The monoisotopic (exact) mass is 321 g/mol. The summed E-state index contributed by atoms with van der Waals surface area (Å²) in [6, 6.07) is 27.4. The second kappa shape index (κ2) is 5.56. The zero-order valence-electron chi connectivity index (χ0n) is 13.5. The standard InChI is InChI=1S/C22H15N3/c1-2-6-16(7-3-1)17-10-12-18(13-11-17)25-21-9-5-4-8-19(21)20-14-23-15-24-22(20)25/h1-15H. The van der Waals surface area contributed by atoms with Crippen molar-refractivity contribution in [3.8, 4) is 16.8 Å². The second-order valence-electron chi connectivity index (χ2n) is 6.03. The molecule has 2 aromatic heterocycles. The molecule has 0 saturated carbocycles. The number of fused-ring (bicyclic) bond motifs is 3. The van der Waals surface area contributed by atoms with Crippen molar-refractivity contribution in [1.29, 1.82) is 0 Å². The average Bonchev–Trinajstić information content (AvgIpc) is 3.03. The van der Waals surface area contributed by atoms with Crippen LogP contribution in [0.3, 0.4) is 0 Å². The Balaban J connectivity index is 1.73. The van der Waals surface area contributed by atoms with Crippen molar-refractivity contribution >= 4 is 21.9 Å². The van der Waals surface area contributed by atoms with Crippen LogP contribution in [0.15, 0.2) is 91.4 Å². The molecule has 0 aliphatic carbocycles. The van der Waals surface area contributed by atoms with E-state index in [1.165, 1.54) is 16.5 Å². The molecule has 5 rings (SSSR count). The van der Waals surface area contributed by atoms with E-state index in [-0.39, 0.29) is 0 Å². The van der Waals surface area contributed by atoms with Crippen LogP contribution >= 0.6 is 0 Å². The van der Waals surface area contributed by atoms with Gasteiger partial charge in [-0.15, -0.1) is 0 Å². The lowest BCUT2D eigenvalue weighted by Gasteiger charge is -2.08. The van der Waals surface area contributed by atoms with E-state index in [0.717, 1.165) is 22.2 Å². The van der Waals surface area contributed by atoms with Crippen LogP contribution in [0.1, 0.15) is 0 Å². The van der Waals surface area contributed by atoms with E-state index in [1.54, 1.807) is 6.33 Å². The molecular weight excluding hydrogens is 306 g/mol. The number of hydrogen-bond acceptors (Lipinski definition) is 2. The first-order chi connectivity index (χ1) is 12.4. The summed E-state index contributed by atoms with van der Waals surface area (Å²) in [6.07, 6.45) is 3.50. The zero-order chi connectivity index (χ0) is 16.6. The predicted octanol–water partition coefficient (Wildman–Crippen LogP) is 5.24. The van der Waals surface area contributed by atoms with E-state index in [0.29, 0.717) is 0 Å². The average molecular weight is 321 g/mol. The van der Waals surface area contributed by atoms with Gasteiger partial charge in [0.15, 0.2) is 0 Å². The maximum atomic E-state index is 4.53. The lowest BCUT2D eigenvalue weighted by Crippen LogP contribution is -1.95. The summed E-state index contributed by atoms with van der Waals surface area (Å²) in [5, 5.41) is 2.25. The molecule has 0 fully saturated rings. The lowest BCUT2D eigenvalue weighted by atomic mass is 10.1. The van der Waals surface area contributed by atoms with Gasteiger partial charge in [-0.3, -0.25) is 4.57 Å². The predicted molar refractivity (Wildman–Crippen MR) is 102 cm³/mol. The summed E-state index contributed by atoms with van der Waals surface area (Å²) in [5.41, 5.74) is 5.61. The highest BCUT2D eigenvalue weighted by Gasteiger charge is 2.12. The van der Waals surface area contributed by atoms with Crippen LogP contribution in [0.25, 0.3) is 38.8 Å². The topological polar surface area (TPSA) is 30.7 Å². The Bertz CT molecular complexity index is 1120. The van der Waals surface area contributed by atoms with Gasteiger partial charge in [0.2, 0.25) is 0 Å². The molecule has 5 aromatic rings. The summed E-state index contributed by atoms with van der Waals surface area (Å²) < 4.78 is 2.20. The molecule has 0 amide bonds. The molecule has 0 unspecified atom stereocenters. The Morgan fingerprint density at radius 2 is 1.36 bits per heavy atom. The number of benzene rings is 3. The molecule has 0 atom stereocenters. The quantitative estimate of drug-likeness (QED) is 0.445.